The predicted octanol–water partition coefficient (Wildman–Crippen LogP) is 3.44. The number of aliphatic hydroxyl groups is 1. The molecule has 2 atom stereocenters. The number of halogens is 2. The Morgan fingerprint density at radius 2 is 2.00 bits per heavy atom. The first-order valence-corrected chi connectivity index (χ1v) is 9.48. The van der Waals surface area contributed by atoms with Gasteiger partial charge in [-0.15, -0.1) is 0 Å². The van der Waals surface area contributed by atoms with Crippen molar-refractivity contribution in [3.8, 4) is 22.8 Å². The third-order valence-electron chi connectivity index (χ3n) is 5.57. The van der Waals surface area contributed by atoms with Gasteiger partial charge in [0.05, 0.1) is 11.6 Å². The molecule has 3 aromatic rings. The highest BCUT2D eigenvalue weighted by Gasteiger charge is 2.36. The van der Waals surface area contributed by atoms with Gasteiger partial charge in [0.25, 0.3) is 0 Å². The molecule has 2 heterocycles. The van der Waals surface area contributed by atoms with Crippen LogP contribution in [-0.2, 0) is 0 Å². The molecule has 1 saturated heterocycles. The number of aliphatic hydroxyl groups excluding tert-OH is 1. The topological polar surface area (TPSA) is 94.1 Å². The van der Waals surface area contributed by atoms with Crippen molar-refractivity contribution in [2.45, 2.75) is 18.4 Å². The van der Waals surface area contributed by atoms with E-state index >= 15 is 0 Å². The molecule has 29 heavy (non-hydrogen) atoms. The summed E-state index contributed by atoms with van der Waals surface area (Å²) in [6.45, 7) is 0.528. The Kier molecular flexibility index (Phi) is 4.98. The largest absolute Gasteiger partial charge is 0.507 e. The number of fused-ring (bicyclic) bond motifs is 1. The lowest BCUT2D eigenvalue weighted by Gasteiger charge is -2.24. The van der Waals surface area contributed by atoms with Gasteiger partial charge in [0.2, 0.25) is 0 Å². The maximum Gasteiger partial charge on any atom is 0.197 e. The van der Waals surface area contributed by atoms with Crippen LogP contribution in [-0.4, -0.2) is 46.5 Å². The Bertz CT molecular complexity index is 1160. The number of nitrogens with zero attached hydrogens (tertiary/aromatic N) is 1. The van der Waals surface area contributed by atoms with Gasteiger partial charge in [-0.3, -0.25) is 4.79 Å². The number of phenolic OH excluding ortho intramolecular Hbond substituents is 2. The summed E-state index contributed by atoms with van der Waals surface area (Å²) in [5, 5.41) is 30.8. The summed E-state index contributed by atoms with van der Waals surface area (Å²) >= 11 is 6.16. The summed E-state index contributed by atoms with van der Waals surface area (Å²) in [5.74, 6) is -1.51. The van der Waals surface area contributed by atoms with E-state index in [1.54, 1.807) is 0 Å². The van der Waals surface area contributed by atoms with Gasteiger partial charge < -0.3 is 24.6 Å². The summed E-state index contributed by atoms with van der Waals surface area (Å²) in [5.41, 5.74) is -0.0364. The Labute approximate surface area is 170 Å². The second kappa shape index (κ2) is 7.33. The summed E-state index contributed by atoms with van der Waals surface area (Å²) in [7, 11) is 1.86. The smallest absolute Gasteiger partial charge is 0.197 e. The molecule has 0 radical (unpaired) electrons. The fraction of sp³-hybridized carbons (Fsp3) is 0.286. The third-order valence-corrected chi connectivity index (χ3v) is 5.90. The number of aromatic hydroxyl groups is 2. The number of likely N-dealkylation sites (N-methyl/N-ethyl adjacent to an activating group) is 1. The van der Waals surface area contributed by atoms with Crippen molar-refractivity contribution in [2.24, 2.45) is 0 Å². The van der Waals surface area contributed by atoms with E-state index in [4.69, 9.17) is 16.0 Å². The SMILES string of the molecule is CN1CC[C@@H](c2c(O)cc(O)c3c(=O)cc(-c4cc(F)ccc4Cl)oc23)[C@@H]1CO. The molecule has 0 spiro atoms. The highest BCUT2D eigenvalue weighted by atomic mass is 35.5. The van der Waals surface area contributed by atoms with Crippen molar-refractivity contribution < 1.29 is 24.1 Å². The standard InChI is InChI=1S/C21H19ClFNO5/c1-24-5-4-11(14(24)9-25)19-15(26)7-16(27)20-17(28)8-18(29-21(19)20)12-6-10(23)2-3-13(12)22/h2-3,6-8,11,14,25-27H,4-5,9H2,1H3/t11-,14+/m1/s1. The quantitative estimate of drug-likeness (QED) is 0.602. The lowest BCUT2D eigenvalue weighted by Crippen LogP contribution is -2.32. The fourth-order valence-corrected chi connectivity index (χ4v) is 4.32. The van der Waals surface area contributed by atoms with E-state index in [1.165, 1.54) is 12.1 Å². The van der Waals surface area contributed by atoms with Gasteiger partial charge in [0.15, 0.2) is 5.43 Å². The number of hydrogen-bond donors (Lipinski definition) is 3. The van der Waals surface area contributed by atoms with E-state index in [0.29, 0.717) is 18.5 Å². The summed E-state index contributed by atoms with van der Waals surface area (Å²) < 4.78 is 19.7. The molecule has 0 amide bonds. The number of likely N-dealkylation sites (tertiary alicyclic amines) is 1. The minimum atomic E-state index is -0.552. The molecule has 1 aliphatic heterocycles. The molecular weight excluding hydrogens is 401 g/mol. The van der Waals surface area contributed by atoms with E-state index in [2.05, 4.69) is 0 Å². The van der Waals surface area contributed by atoms with Crippen LogP contribution in [0.25, 0.3) is 22.3 Å². The maximum atomic E-state index is 13.7. The van der Waals surface area contributed by atoms with Crippen LogP contribution in [0.4, 0.5) is 4.39 Å². The van der Waals surface area contributed by atoms with Gasteiger partial charge in [-0.05, 0) is 38.2 Å². The Morgan fingerprint density at radius 3 is 2.72 bits per heavy atom. The minimum absolute atomic E-state index is 0.00378. The molecule has 8 heteroatoms. The average molecular weight is 420 g/mol. The Hall–Kier alpha value is -2.61. The summed E-state index contributed by atoms with van der Waals surface area (Å²) in [6.07, 6.45) is 0.615. The normalized spacial score (nSPS) is 19.9. The van der Waals surface area contributed by atoms with Gasteiger partial charge in [0, 0.05) is 35.2 Å². The zero-order valence-corrected chi connectivity index (χ0v) is 16.3. The van der Waals surface area contributed by atoms with Crippen LogP contribution in [0.3, 0.4) is 0 Å². The van der Waals surface area contributed by atoms with Gasteiger partial charge in [-0.1, -0.05) is 11.6 Å². The molecule has 4 rings (SSSR count). The molecule has 1 aliphatic rings. The second-order valence-electron chi connectivity index (χ2n) is 7.26. The number of rotatable bonds is 3. The number of hydrogen-bond acceptors (Lipinski definition) is 6. The zero-order chi connectivity index (χ0) is 20.9. The first kappa shape index (κ1) is 19.7. The lowest BCUT2D eigenvalue weighted by atomic mass is 9.89. The highest BCUT2D eigenvalue weighted by Crippen LogP contribution is 2.44. The summed E-state index contributed by atoms with van der Waals surface area (Å²) in [4.78, 5) is 14.7. The van der Waals surface area contributed by atoms with Crippen LogP contribution in [0.1, 0.15) is 17.9 Å². The molecule has 3 N–H and O–H groups in total. The lowest BCUT2D eigenvalue weighted by molar-refractivity contribution is 0.172. The number of phenols is 2. The van der Waals surface area contributed by atoms with Gasteiger partial charge in [-0.25, -0.2) is 4.39 Å². The third kappa shape index (κ3) is 3.25. The van der Waals surface area contributed by atoms with E-state index in [9.17, 15) is 24.5 Å². The van der Waals surface area contributed by atoms with Gasteiger partial charge in [0.1, 0.15) is 34.0 Å². The van der Waals surface area contributed by atoms with Crippen LogP contribution in [0.2, 0.25) is 5.02 Å². The molecule has 1 fully saturated rings. The van der Waals surface area contributed by atoms with E-state index in [-0.39, 0.29) is 51.6 Å². The molecule has 2 aromatic carbocycles. The van der Waals surface area contributed by atoms with Crippen LogP contribution in [0.15, 0.2) is 39.5 Å². The monoisotopic (exact) mass is 419 g/mol. The van der Waals surface area contributed by atoms with Crippen LogP contribution in [0, 0.1) is 5.82 Å². The molecule has 0 aliphatic carbocycles. The molecular formula is C21H19ClFNO5. The van der Waals surface area contributed by atoms with E-state index < -0.39 is 17.0 Å². The minimum Gasteiger partial charge on any atom is -0.507 e. The molecule has 152 valence electrons. The molecule has 1 aromatic heterocycles. The van der Waals surface area contributed by atoms with Crippen molar-refractivity contribution in [1.29, 1.82) is 0 Å². The van der Waals surface area contributed by atoms with Crippen molar-refractivity contribution in [2.75, 3.05) is 20.2 Å². The van der Waals surface area contributed by atoms with Crippen molar-refractivity contribution in [3.05, 3.63) is 57.0 Å². The van der Waals surface area contributed by atoms with Crippen molar-refractivity contribution in [1.82, 2.24) is 4.90 Å². The van der Waals surface area contributed by atoms with Gasteiger partial charge >= 0.3 is 0 Å². The number of benzene rings is 2. The second-order valence-corrected chi connectivity index (χ2v) is 7.66. The molecule has 0 unspecified atom stereocenters. The van der Waals surface area contributed by atoms with Gasteiger partial charge in [-0.2, -0.15) is 0 Å². The molecule has 6 nitrogen and oxygen atoms in total. The summed E-state index contributed by atoms with van der Waals surface area (Å²) in [6, 6.07) is 5.64. The zero-order valence-electron chi connectivity index (χ0n) is 15.5. The first-order valence-electron chi connectivity index (χ1n) is 9.11. The van der Waals surface area contributed by atoms with E-state index in [0.717, 1.165) is 18.2 Å². The highest BCUT2D eigenvalue weighted by molar-refractivity contribution is 6.33. The molecule has 0 bridgehead atoms. The average Bonchev–Trinajstić information content (AvgIpc) is 3.03. The van der Waals surface area contributed by atoms with Crippen LogP contribution >= 0.6 is 11.6 Å². The predicted molar refractivity (Wildman–Crippen MR) is 107 cm³/mol. The maximum absolute atomic E-state index is 13.7. The van der Waals surface area contributed by atoms with Crippen LogP contribution in [0.5, 0.6) is 11.5 Å². The Balaban J connectivity index is 2.03. The molecule has 0 saturated carbocycles. The van der Waals surface area contributed by atoms with E-state index in [1.807, 2.05) is 11.9 Å². The Morgan fingerprint density at radius 1 is 1.24 bits per heavy atom. The van der Waals surface area contributed by atoms with Crippen molar-refractivity contribution in [3.63, 3.8) is 0 Å². The van der Waals surface area contributed by atoms with Crippen molar-refractivity contribution >= 4 is 22.6 Å². The van der Waals surface area contributed by atoms with Crippen LogP contribution < -0.4 is 5.43 Å². The first-order chi connectivity index (χ1) is 13.8. The fourth-order valence-electron chi connectivity index (χ4n) is 4.11.